The van der Waals surface area contributed by atoms with Gasteiger partial charge in [-0.15, -0.1) is 0 Å². The zero-order valence-corrected chi connectivity index (χ0v) is 9.99. The van der Waals surface area contributed by atoms with E-state index in [2.05, 4.69) is 4.98 Å². The largest absolute Gasteiger partial charge is 0.261 e. The van der Waals surface area contributed by atoms with Crippen molar-refractivity contribution in [2.45, 2.75) is 10.6 Å². The molecule has 18 heavy (non-hydrogen) atoms. The summed E-state index contributed by atoms with van der Waals surface area (Å²) >= 11 is 0. The Labute approximate surface area is 103 Å². The van der Waals surface area contributed by atoms with Crippen LogP contribution in [-0.2, 0) is 15.6 Å². The van der Waals surface area contributed by atoms with E-state index < -0.39 is 21.5 Å². The molecule has 1 aromatic heterocycles. The van der Waals surface area contributed by atoms with Crippen molar-refractivity contribution in [3.63, 3.8) is 0 Å². The van der Waals surface area contributed by atoms with Crippen molar-refractivity contribution in [3.8, 4) is 0 Å². The van der Waals surface area contributed by atoms with Crippen LogP contribution < -0.4 is 0 Å². The van der Waals surface area contributed by atoms with Crippen molar-refractivity contribution >= 4 is 9.84 Å². The number of pyridine rings is 1. The van der Waals surface area contributed by atoms with E-state index in [9.17, 15) is 17.2 Å². The number of hydrogen-bond donors (Lipinski definition) is 0. The second-order valence-electron chi connectivity index (χ2n) is 3.72. The number of hydrogen-bond acceptors (Lipinski definition) is 3. The highest BCUT2D eigenvalue weighted by atomic mass is 32.2. The molecule has 0 aliphatic carbocycles. The van der Waals surface area contributed by atoms with Crippen LogP contribution in [-0.4, -0.2) is 13.4 Å². The van der Waals surface area contributed by atoms with Crippen molar-refractivity contribution in [2.24, 2.45) is 0 Å². The van der Waals surface area contributed by atoms with E-state index >= 15 is 0 Å². The molecular weight excluding hydrogens is 260 g/mol. The lowest BCUT2D eigenvalue weighted by Gasteiger charge is -2.04. The van der Waals surface area contributed by atoms with E-state index in [4.69, 9.17) is 0 Å². The smallest absolute Gasteiger partial charge is 0.182 e. The fourth-order valence-corrected chi connectivity index (χ4v) is 2.79. The molecule has 3 nitrogen and oxygen atoms in total. The third-order valence-electron chi connectivity index (χ3n) is 2.29. The molecule has 0 radical (unpaired) electrons. The van der Waals surface area contributed by atoms with E-state index in [0.29, 0.717) is 0 Å². The Hall–Kier alpha value is -1.82. The molecule has 94 valence electrons. The van der Waals surface area contributed by atoms with Crippen LogP contribution in [0.2, 0.25) is 0 Å². The summed E-state index contributed by atoms with van der Waals surface area (Å²) in [5.41, 5.74) is 0.249. The van der Waals surface area contributed by atoms with Crippen LogP contribution in [0.25, 0.3) is 0 Å². The maximum Gasteiger partial charge on any atom is 0.182 e. The number of nitrogens with zero attached hydrogens (tertiary/aromatic N) is 1. The fourth-order valence-electron chi connectivity index (χ4n) is 1.48. The molecule has 6 heteroatoms. The van der Waals surface area contributed by atoms with E-state index in [-0.39, 0.29) is 16.2 Å². The second-order valence-corrected chi connectivity index (χ2v) is 5.71. The van der Waals surface area contributed by atoms with Gasteiger partial charge in [0, 0.05) is 6.20 Å². The molecule has 0 spiro atoms. The number of halogens is 2. The molecule has 2 rings (SSSR count). The molecule has 1 heterocycles. The average Bonchev–Trinajstić information content (AvgIpc) is 2.29. The lowest BCUT2D eigenvalue weighted by atomic mass is 10.3. The first-order valence-electron chi connectivity index (χ1n) is 5.05. The van der Waals surface area contributed by atoms with Gasteiger partial charge in [-0.3, -0.25) is 4.98 Å². The fraction of sp³-hybridized carbons (Fsp3) is 0.0833. The van der Waals surface area contributed by atoms with Crippen molar-refractivity contribution in [2.75, 3.05) is 0 Å². The summed E-state index contributed by atoms with van der Waals surface area (Å²) < 4.78 is 49.5. The molecule has 0 saturated carbocycles. The first kappa shape index (κ1) is 12.6. The van der Waals surface area contributed by atoms with Gasteiger partial charge in [0.05, 0.1) is 16.8 Å². The summed E-state index contributed by atoms with van der Waals surface area (Å²) in [4.78, 5) is 3.57. The first-order valence-corrected chi connectivity index (χ1v) is 6.70. The molecule has 1 aromatic carbocycles. The van der Waals surface area contributed by atoms with Crippen LogP contribution in [0, 0.1) is 11.6 Å². The molecule has 0 amide bonds. The summed E-state index contributed by atoms with van der Waals surface area (Å²) in [6.07, 6.45) is 2.28. The monoisotopic (exact) mass is 269 g/mol. The first-order chi connectivity index (χ1) is 8.47. The van der Waals surface area contributed by atoms with Gasteiger partial charge in [-0.2, -0.15) is 0 Å². The Morgan fingerprint density at radius 3 is 2.28 bits per heavy atom. The zero-order valence-electron chi connectivity index (χ0n) is 9.18. The lowest BCUT2D eigenvalue weighted by molar-refractivity contribution is 0.593. The summed E-state index contributed by atoms with van der Waals surface area (Å²) in [6, 6.07) is 5.59. The number of benzene rings is 1. The van der Waals surface area contributed by atoms with Gasteiger partial charge in [-0.05, 0) is 35.9 Å². The van der Waals surface area contributed by atoms with Crippen LogP contribution in [0.5, 0.6) is 0 Å². The summed E-state index contributed by atoms with van der Waals surface area (Å²) in [6.45, 7) is 0. The van der Waals surface area contributed by atoms with Gasteiger partial charge in [-0.25, -0.2) is 17.2 Å². The Morgan fingerprint density at radius 1 is 1.00 bits per heavy atom. The predicted molar refractivity (Wildman–Crippen MR) is 61.5 cm³/mol. The molecule has 0 aliphatic rings. The van der Waals surface area contributed by atoms with E-state index in [1.165, 1.54) is 18.3 Å². The van der Waals surface area contributed by atoms with Gasteiger partial charge in [0.15, 0.2) is 9.84 Å². The molecule has 0 saturated heterocycles. The third kappa shape index (κ3) is 2.89. The Morgan fingerprint density at radius 2 is 1.67 bits per heavy atom. The summed E-state index contributed by atoms with van der Waals surface area (Å²) in [5.74, 6) is -1.48. The van der Waals surface area contributed by atoms with Crippen molar-refractivity contribution < 1.29 is 17.2 Å². The highest BCUT2D eigenvalue weighted by Crippen LogP contribution is 2.16. The standard InChI is InChI=1S/C12H9F2NO2S/c13-10-1-3-12(4-2-10)18(16,17)8-9-5-11(14)7-15-6-9/h1-7H,8H2. The minimum absolute atomic E-state index is 0.00633. The maximum absolute atomic E-state index is 12.9. The Kier molecular flexibility index (Phi) is 3.38. The molecule has 0 aliphatic heterocycles. The molecular formula is C12H9F2NO2S. The Bertz CT molecular complexity index is 654. The number of rotatable bonds is 3. The minimum Gasteiger partial charge on any atom is -0.261 e. The quantitative estimate of drug-likeness (QED) is 0.803. The highest BCUT2D eigenvalue weighted by Gasteiger charge is 2.15. The van der Waals surface area contributed by atoms with Gasteiger partial charge < -0.3 is 0 Å². The van der Waals surface area contributed by atoms with E-state index in [1.807, 2.05) is 0 Å². The SMILES string of the molecule is O=S(=O)(Cc1cncc(F)c1)c1ccc(F)cc1. The second kappa shape index (κ2) is 4.81. The summed E-state index contributed by atoms with van der Waals surface area (Å²) in [7, 11) is -3.62. The molecule has 0 atom stereocenters. The van der Waals surface area contributed by atoms with Crippen molar-refractivity contribution in [3.05, 3.63) is 59.9 Å². The van der Waals surface area contributed by atoms with Gasteiger partial charge in [-0.1, -0.05) is 0 Å². The van der Waals surface area contributed by atoms with E-state index in [0.717, 1.165) is 24.4 Å². The van der Waals surface area contributed by atoms with Crippen LogP contribution in [0.3, 0.4) is 0 Å². The number of aromatic nitrogens is 1. The molecule has 0 bridgehead atoms. The Balaban J connectivity index is 2.30. The van der Waals surface area contributed by atoms with E-state index in [1.54, 1.807) is 0 Å². The van der Waals surface area contributed by atoms with Gasteiger partial charge >= 0.3 is 0 Å². The van der Waals surface area contributed by atoms with Crippen molar-refractivity contribution in [1.29, 1.82) is 0 Å². The van der Waals surface area contributed by atoms with Crippen LogP contribution in [0.1, 0.15) is 5.56 Å². The van der Waals surface area contributed by atoms with Crippen molar-refractivity contribution in [1.82, 2.24) is 4.98 Å². The molecule has 2 aromatic rings. The predicted octanol–water partition coefficient (Wildman–Crippen LogP) is 2.33. The highest BCUT2D eigenvalue weighted by molar-refractivity contribution is 7.90. The van der Waals surface area contributed by atoms with Crippen LogP contribution >= 0.6 is 0 Å². The molecule has 0 fully saturated rings. The molecule has 0 N–H and O–H groups in total. The summed E-state index contributed by atoms with van der Waals surface area (Å²) in [5, 5.41) is 0. The normalized spacial score (nSPS) is 11.4. The maximum atomic E-state index is 12.9. The average molecular weight is 269 g/mol. The van der Waals surface area contributed by atoms with Gasteiger partial charge in [0.1, 0.15) is 11.6 Å². The molecule has 0 unspecified atom stereocenters. The lowest BCUT2D eigenvalue weighted by Crippen LogP contribution is -2.05. The minimum atomic E-state index is -3.62. The third-order valence-corrected chi connectivity index (χ3v) is 3.99. The van der Waals surface area contributed by atoms with Crippen LogP contribution in [0.4, 0.5) is 8.78 Å². The number of sulfone groups is 1. The zero-order chi connectivity index (χ0) is 13.2. The van der Waals surface area contributed by atoms with Crippen LogP contribution in [0.15, 0.2) is 47.6 Å². The van der Waals surface area contributed by atoms with Gasteiger partial charge in [0.2, 0.25) is 0 Å². The van der Waals surface area contributed by atoms with Gasteiger partial charge in [0.25, 0.3) is 0 Å². The topological polar surface area (TPSA) is 47.0 Å².